The zero-order chi connectivity index (χ0) is 5.11. The Balaban J connectivity index is 2.76. The molecule has 0 aromatic carbocycles. The van der Waals surface area contributed by atoms with Gasteiger partial charge < -0.3 is 0 Å². The summed E-state index contributed by atoms with van der Waals surface area (Å²) >= 11 is 0. The number of nitrogens with one attached hydrogen (secondary N) is 1. The Morgan fingerprint density at radius 3 is 3.14 bits per heavy atom. The Morgan fingerprint density at radius 1 is 2.00 bits per heavy atom. The molecule has 1 aromatic heterocycles. The number of aromatic amines is 1. The third-order valence-corrected chi connectivity index (χ3v) is 0.882. The summed E-state index contributed by atoms with van der Waals surface area (Å²) in [5, 5.41) is 0. The van der Waals surface area contributed by atoms with Crippen LogP contribution in [0.3, 0.4) is 0 Å². The number of H-pyrrole nitrogens is 1. The van der Waals surface area contributed by atoms with Gasteiger partial charge in [0.2, 0.25) is 6.20 Å². The van der Waals surface area contributed by atoms with Crippen LogP contribution < -0.4 is 4.98 Å². The van der Waals surface area contributed by atoms with Crippen molar-refractivity contribution in [2.24, 2.45) is 0 Å². The van der Waals surface area contributed by atoms with Crippen molar-refractivity contribution in [1.82, 2.24) is 4.98 Å². The Labute approximate surface area is 42.6 Å². The van der Waals surface area contributed by atoms with Gasteiger partial charge in [-0.2, -0.15) is 9.97 Å². The van der Waals surface area contributed by atoms with Gasteiger partial charge in [-0.05, 0) is 0 Å². The van der Waals surface area contributed by atoms with Crippen LogP contribution in [0.2, 0.25) is 0 Å². The minimum absolute atomic E-state index is 1.01. The molecular formula is C5H7N2+. The first-order valence-corrected chi connectivity index (χ1v) is 2.33. The third-order valence-electron chi connectivity index (χ3n) is 0.882. The summed E-state index contributed by atoms with van der Waals surface area (Å²) in [5.41, 5.74) is 1.14. The molecule has 0 saturated heterocycles. The van der Waals surface area contributed by atoms with Gasteiger partial charge in [0.25, 0.3) is 0 Å². The van der Waals surface area contributed by atoms with Gasteiger partial charge in [-0.25, -0.2) is 0 Å². The smallest absolute Gasteiger partial charge is 0.188 e. The monoisotopic (exact) mass is 95.1 g/mol. The largest absolute Gasteiger partial charge is 0.380 e. The Bertz CT molecular complexity index is 121. The minimum Gasteiger partial charge on any atom is -0.188 e. The summed E-state index contributed by atoms with van der Waals surface area (Å²) in [5.74, 6) is 0. The van der Waals surface area contributed by atoms with Crippen molar-refractivity contribution in [2.75, 3.05) is 0 Å². The maximum absolute atomic E-state index is 3.71. The predicted molar refractivity (Wildman–Crippen MR) is 24.6 cm³/mol. The number of hydrogen-bond acceptors (Lipinski definition) is 0. The molecule has 0 unspecified atom stereocenters. The zero-order valence-electron chi connectivity index (χ0n) is 4.23. The van der Waals surface area contributed by atoms with Crippen molar-refractivity contribution in [2.45, 2.75) is 13.3 Å². The van der Waals surface area contributed by atoms with Crippen LogP contribution in [-0.4, -0.2) is 4.98 Å². The van der Waals surface area contributed by atoms with E-state index in [-0.39, 0.29) is 0 Å². The highest BCUT2D eigenvalue weighted by Gasteiger charge is 1.91. The lowest BCUT2D eigenvalue weighted by Crippen LogP contribution is -1.81. The molecule has 1 N–H and O–H groups in total. The van der Waals surface area contributed by atoms with Crippen LogP contribution in [0.15, 0.2) is 6.20 Å². The Morgan fingerprint density at radius 2 is 2.86 bits per heavy atom. The van der Waals surface area contributed by atoms with Gasteiger partial charge in [-0.15, -0.1) is 0 Å². The lowest BCUT2D eigenvalue weighted by Gasteiger charge is -1.69. The molecule has 0 spiro atoms. The molecule has 0 radical (unpaired) electrons. The molecule has 2 heteroatoms. The van der Waals surface area contributed by atoms with Gasteiger partial charge in [0.05, 0.1) is 0 Å². The molecule has 1 heterocycles. The fourth-order valence-corrected chi connectivity index (χ4v) is 0.426. The van der Waals surface area contributed by atoms with E-state index in [1.54, 1.807) is 6.20 Å². The first-order valence-electron chi connectivity index (χ1n) is 2.33. The maximum atomic E-state index is 3.71. The zero-order valence-corrected chi connectivity index (χ0v) is 4.23. The lowest BCUT2D eigenvalue weighted by atomic mass is 10.4. The van der Waals surface area contributed by atoms with Gasteiger partial charge in [0, 0.05) is 6.42 Å². The number of rotatable bonds is 1. The second-order valence-electron chi connectivity index (χ2n) is 1.37. The second-order valence-corrected chi connectivity index (χ2v) is 1.37. The van der Waals surface area contributed by atoms with Crippen molar-refractivity contribution in [1.29, 1.82) is 0 Å². The molecule has 36 valence electrons. The van der Waals surface area contributed by atoms with Crippen LogP contribution in [0.5, 0.6) is 0 Å². The second kappa shape index (κ2) is 1.65. The quantitative estimate of drug-likeness (QED) is 0.522. The van der Waals surface area contributed by atoms with Crippen molar-refractivity contribution in [3.05, 3.63) is 18.2 Å². The third kappa shape index (κ3) is 0.716. The van der Waals surface area contributed by atoms with E-state index >= 15 is 0 Å². The van der Waals surface area contributed by atoms with Crippen LogP contribution in [0.1, 0.15) is 12.6 Å². The highest BCUT2D eigenvalue weighted by molar-refractivity contribution is 4.85. The average molecular weight is 95.1 g/mol. The van der Waals surface area contributed by atoms with Crippen LogP contribution in [0, 0.1) is 6.33 Å². The number of nitrogens with zero attached hydrogens (tertiary/aromatic N) is 1. The predicted octanol–water partition coefficient (Wildman–Crippen LogP) is -0.0228. The van der Waals surface area contributed by atoms with E-state index in [4.69, 9.17) is 0 Å². The summed E-state index contributed by atoms with van der Waals surface area (Å²) in [7, 11) is 0. The molecule has 1 aromatic rings. The molecule has 2 nitrogen and oxygen atoms in total. The van der Waals surface area contributed by atoms with E-state index in [2.05, 4.69) is 23.2 Å². The van der Waals surface area contributed by atoms with Gasteiger partial charge in [-0.3, -0.25) is 0 Å². The molecule has 1 rings (SSSR count). The number of hydrogen-bond donors (Lipinski definition) is 1. The fourth-order valence-electron chi connectivity index (χ4n) is 0.426. The Hall–Kier alpha value is -0.970. The summed E-state index contributed by atoms with van der Waals surface area (Å²) in [4.78, 5) is 6.56. The van der Waals surface area contributed by atoms with E-state index in [1.807, 2.05) is 0 Å². The molecule has 0 bridgehead atoms. The standard InChI is InChI=1S/C5H6N2/c1-2-5-3-6-4-7-5/h3H,2H2,1H3/p+1. The molecule has 0 aliphatic carbocycles. The van der Waals surface area contributed by atoms with Gasteiger partial charge >= 0.3 is 6.33 Å². The van der Waals surface area contributed by atoms with Gasteiger partial charge in [-0.1, -0.05) is 6.92 Å². The van der Waals surface area contributed by atoms with Crippen LogP contribution in [0.4, 0.5) is 0 Å². The van der Waals surface area contributed by atoms with Crippen molar-refractivity contribution in [3.8, 4) is 0 Å². The molecule has 0 aliphatic heterocycles. The fraction of sp³-hybridized carbons (Fsp3) is 0.400. The molecule has 0 saturated carbocycles. The molecule has 0 fully saturated rings. The van der Waals surface area contributed by atoms with Crippen LogP contribution >= 0.6 is 0 Å². The average Bonchev–Trinajstić information content (AvgIpc) is 2.14. The maximum Gasteiger partial charge on any atom is 0.380 e. The highest BCUT2D eigenvalue weighted by Crippen LogP contribution is 1.82. The SMILES string of the molecule is CCc1c[n+]#c[nH]1. The summed E-state index contributed by atoms with van der Waals surface area (Å²) in [6.45, 7) is 2.07. The molecule has 0 atom stereocenters. The van der Waals surface area contributed by atoms with E-state index in [0.29, 0.717) is 0 Å². The van der Waals surface area contributed by atoms with Crippen LogP contribution in [0.25, 0.3) is 0 Å². The van der Waals surface area contributed by atoms with Crippen molar-refractivity contribution >= 4 is 0 Å². The highest BCUT2D eigenvalue weighted by atomic mass is 14.8. The number of aromatic nitrogens is 2. The van der Waals surface area contributed by atoms with Gasteiger partial charge in [0.1, 0.15) is 0 Å². The molecule has 0 aliphatic rings. The molecule has 7 heavy (non-hydrogen) atoms. The minimum atomic E-state index is 1.01. The van der Waals surface area contributed by atoms with Crippen LogP contribution in [-0.2, 0) is 6.42 Å². The topological polar surface area (TPSA) is 29.9 Å². The van der Waals surface area contributed by atoms with E-state index in [1.165, 1.54) is 0 Å². The van der Waals surface area contributed by atoms with Crippen molar-refractivity contribution < 1.29 is 4.98 Å². The van der Waals surface area contributed by atoms with E-state index in [0.717, 1.165) is 12.1 Å². The first-order chi connectivity index (χ1) is 3.43. The number of aryl methyl sites for hydroxylation is 1. The van der Waals surface area contributed by atoms with E-state index in [9.17, 15) is 0 Å². The van der Waals surface area contributed by atoms with E-state index < -0.39 is 0 Å². The summed E-state index contributed by atoms with van der Waals surface area (Å²) in [6, 6.07) is 0. The summed E-state index contributed by atoms with van der Waals surface area (Å²) < 4.78 is 0. The van der Waals surface area contributed by atoms with Crippen molar-refractivity contribution in [3.63, 3.8) is 0 Å². The molecule has 0 amide bonds. The lowest BCUT2D eigenvalue weighted by molar-refractivity contribution is -0.291. The normalized spacial score (nSPS) is 8.14. The first kappa shape index (κ1) is 4.20. The molecular weight excluding hydrogens is 88.1 g/mol. The summed E-state index contributed by atoms with van der Waals surface area (Å²) in [6.07, 6.45) is 5.39. The van der Waals surface area contributed by atoms with Gasteiger partial charge in [0.15, 0.2) is 5.69 Å². The Kier molecular flexibility index (Phi) is 0.991.